The molecule has 0 aromatic carbocycles. The zero-order valence-electron chi connectivity index (χ0n) is 42.5. The molecule has 7 unspecified atom stereocenters. The summed E-state index contributed by atoms with van der Waals surface area (Å²) in [7, 11) is 0. The van der Waals surface area contributed by atoms with Gasteiger partial charge >= 0.3 is 0 Å². The molecule has 9 heteroatoms. The van der Waals surface area contributed by atoms with E-state index >= 15 is 0 Å². The monoisotopic (exact) mass is 922 g/mol. The maximum absolute atomic E-state index is 13.0. The molecule has 1 aliphatic rings. The van der Waals surface area contributed by atoms with Gasteiger partial charge in [0.2, 0.25) is 5.91 Å². The van der Waals surface area contributed by atoms with Crippen LogP contribution in [0.2, 0.25) is 0 Å². The number of aliphatic hydroxyl groups excluding tert-OH is 5. The van der Waals surface area contributed by atoms with Gasteiger partial charge in [-0.3, -0.25) is 4.79 Å². The van der Waals surface area contributed by atoms with E-state index in [1.807, 2.05) is 6.08 Å². The van der Waals surface area contributed by atoms with Crippen LogP contribution < -0.4 is 5.32 Å². The van der Waals surface area contributed by atoms with Crippen molar-refractivity contribution in [1.82, 2.24) is 5.32 Å². The van der Waals surface area contributed by atoms with Crippen molar-refractivity contribution in [2.45, 2.75) is 314 Å². The average molecular weight is 922 g/mol. The second-order valence-corrected chi connectivity index (χ2v) is 19.7. The summed E-state index contributed by atoms with van der Waals surface area (Å²) in [6.45, 7) is 3.78. The van der Waals surface area contributed by atoms with Crippen LogP contribution in [-0.2, 0) is 14.3 Å². The van der Waals surface area contributed by atoms with E-state index in [2.05, 4.69) is 31.3 Å². The van der Waals surface area contributed by atoms with Gasteiger partial charge in [-0.1, -0.05) is 256 Å². The minimum Gasteiger partial charge on any atom is -0.394 e. The molecule has 0 aromatic rings. The van der Waals surface area contributed by atoms with E-state index in [4.69, 9.17) is 9.47 Å². The second kappa shape index (κ2) is 46.4. The lowest BCUT2D eigenvalue weighted by molar-refractivity contribution is -0.302. The molecule has 7 atom stereocenters. The lowest BCUT2D eigenvalue weighted by atomic mass is 9.99. The lowest BCUT2D eigenvalue weighted by Gasteiger charge is -2.40. The third-order valence-electron chi connectivity index (χ3n) is 13.5. The summed E-state index contributed by atoms with van der Waals surface area (Å²) in [6, 6.07) is -0.817. The van der Waals surface area contributed by atoms with Crippen molar-refractivity contribution in [3.63, 3.8) is 0 Å². The summed E-state index contributed by atoms with van der Waals surface area (Å²) in [5, 5.41) is 54.4. The number of unbranched alkanes of at least 4 members (excludes halogenated alkanes) is 36. The van der Waals surface area contributed by atoms with Gasteiger partial charge in [0.25, 0.3) is 0 Å². The van der Waals surface area contributed by atoms with E-state index in [0.29, 0.717) is 6.42 Å². The third-order valence-corrected chi connectivity index (χ3v) is 13.5. The highest BCUT2D eigenvalue weighted by molar-refractivity contribution is 5.76. The molecular formula is C56H107NO8. The summed E-state index contributed by atoms with van der Waals surface area (Å²) in [5.74, 6) is -0.182. The van der Waals surface area contributed by atoms with E-state index in [0.717, 1.165) is 38.5 Å². The Balaban J connectivity index is 2.19. The van der Waals surface area contributed by atoms with Crippen LogP contribution in [0.4, 0.5) is 0 Å². The summed E-state index contributed by atoms with van der Waals surface area (Å²) < 4.78 is 11.2. The van der Waals surface area contributed by atoms with Gasteiger partial charge in [-0.15, -0.1) is 0 Å². The fourth-order valence-electron chi connectivity index (χ4n) is 9.06. The van der Waals surface area contributed by atoms with Gasteiger partial charge in [-0.05, 0) is 32.1 Å². The Morgan fingerprint density at radius 2 is 0.877 bits per heavy atom. The predicted molar refractivity (Wildman–Crippen MR) is 272 cm³/mol. The molecule has 1 heterocycles. The first-order valence-electron chi connectivity index (χ1n) is 28.1. The normalized spacial score (nSPS) is 20.0. The number of aliphatic hydroxyl groups is 5. The van der Waals surface area contributed by atoms with Crippen molar-refractivity contribution in [2.75, 3.05) is 13.2 Å². The van der Waals surface area contributed by atoms with Crippen molar-refractivity contribution < 1.29 is 39.8 Å². The largest absolute Gasteiger partial charge is 0.394 e. The number of rotatable bonds is 48. The number of ether oxygens (including phenoxy) is 2. The van der Waals surface area contributed by atoms with Gasteiger partial charge in [0.05, 0.1) is 25.4 Å². The average Bonchev–Trinajstić information content (AvgIpc) is 3.31. The van der Waals surface area contributed by atoms with Crippen LogP contribution in [0.5, 0.6) is 0 Å². The first-order chi connectivity index (χ1) is 31.8. The number of hydrogen-bond donors (Lipinski definition) is 6. The van der Waals surface area contributed by atoms with Crippen LogP contribution in [0, 0.1) is 0 Å². The Morgan fingerprint density at radius 1 is 0.508 bits per heavy atom. The predicted octanol–water partition coefficient (Wildman–Crippen LogP) is 13.4. The molecule has 65 heavy (non-hydrogen) atoms. The molecule has 0 radical (unpaired) electrons. The van der Waals surface area contributed by atoms with Gasteiger partial charge in [0, 0.05) is 6.42 Å². The zero-order chi connectivity index (χ0) is 47.3. The number of nitrogens with one attached hydrogen (secondary N) is 1. The van der Waals surface area contributed by atoms with E-state index in [1.54, 1.807) is 6.08 Å². The van der Waals surface area contributed by atoms with Crippen molar-refractivity contribution >= 4 is 5.91 Å². The van der Waals surface area contributed by atoms with Gasteiger partial charge in [0.1, 0.15) is 24.4 Å². The van der Waals surface area contributed by atoms with Crippen molar-refractivity contribution in [1.29, 1.82) is 0 Å². The molecule has 9 nitrogen and oxygen atoms in total. The molecule has 1 rings (SSSR count). The zero-order valence-corrected chi connectivity index (χ0v) is 42.5. The number of carbonyl (C=O) groups is 1. The topological polar surface area (TPSA) is 149 Å². The first kappa shape index (κ1) is 61.7. The SMILES string of the molecule is CCCCCCCCCCC/C=C/CC/C=C/C(O)C(COC1OC(CO)C(O)C(O)C1O)NC(=O)CCCCCCCCCCCCCCCCCCCCCCCCCCCCC. The lowest BCUT2D eigenvalue weighted by Crippen LogP contribution is -2.60. The Hall–Kier alpha value is -1.33. The van der Waals surface area contributed by atoms with E-state index in [-0.39, 0.29) is 12.5 Å². The molecule has 1 saturated heterocycles. The Kier molecular flexibility index (Phi) is 44.0. The molecule has 384 valence electrons. The summed E-state index contributed by atoms with van der Waals surface area (Å²) in [6.07, 6.45) is 51.1. The molecule has 1 amide bonds. The quantitative estimate of drug-likeness (QED) is 0.0261. The van der Waals surface area contributed by atoms with E-state index in [9.17, 15) is 30.3 Å². The third kappa shape index (κ3) is 36.3. The van der Waals surface area contributed by atoms with Crippen LogP contribution in [0.1, 0.15) is 271 Å². The van der Waals surface area contributed by atoms with Crippen molar-refractivity contribution in [2.24, 2.45) is 0 Å². The van der Waals surface area contributed by atoms with Crippen molar-refractivity contribution in [3.8, 4) is 0 Å². The fraction of sp³-hybridized carbons (Fsp3) is 0.911. The highest BCUT2D eigenvalue weighted by Crippen LogP contribution is 2.23. The van der Waals surface area contributed by atoms with Gasteiger partial charge in [-0.2, -0.15) is 0 Å². The van der Waals surface area contributed by atoms with Gasteiger partial charge in [0.15, 0.2) is 6.29 Å². The molecule has 0 saturated carbocycles. The summed E-state index contributed by atoms with van der Waals surface area (Å²) in [4.78, 5) is 13.0. The van der Waals surface area contributed by atoms with E-state index in [1.165, 1.54) is 212 Å². The van der Waals surface area contributed by atoms with Crippen LogP contribution in [0.25, 0.3) is 0 Å². The minimum atomic E-state index is -1.57. The van der Waals surface area contributed by atoms with Crippen LogP contribution in [0.3, 0.4) is 0 Å². The molecule has 1 aliphatic heterocycles. The molecule has 0 spiro atoms. The molecule has 0 aromatic heterocycles. The number of hydrogen-bond acceptors (Lipinski definition) is 8. The van der Waals surface area contributed by atoms with Crippen molar-refractivity contribution in [3.05, 3.63) is 24.3 Å². The molecular weight excluding hydrogens is 815 g/mol. The molecule has 0 bridgehead atoms. The maximum Gasteiger partial charge on any atom is 0.220 e. The highest BCUT2D eigenvalue weighted by atomic mass is 16.7. The summed E-state index contributed by atoms with van der Waals surface area (Å²) >= 11 is 0. The fourth-order valence-corrected chi connectivity index (χ4v) is 9.06. The number of amides is 1. The first-order valence-corrected chi connectivity index (χ1v) is 28.1. The van der Waals surface area contributed by atoms with E-state index < -0.39 is 49.5 Å². The van der Waals surface area contributed by atoms with Gasteiger partial charge in [-0.25, -0.2) is 0 Å². The number of carbonyl (C=O) groups excluding carboxylic acids is 1. The smallest absolute Gasteiger partial charge is 0.220 e. The van der Waals surface area contributed by atoms with Crippen LogP contribution >= 0.6 is 0 Å². The standard InChI is InChI=1S/C56H107NO8/c1-3-5-7-9-11-13-15-17-19-20-21-22-23-24-25-26-27-28-29-30-32-34-36-38-40-42-44-46-52(60)57-49(48-64-56-55(63)54(62)53(61)51(47-58)65-56)50(59)45-43-41-39-37-35-33-31-18-16-14-12-10-8-6-4-2/h35,37,43,45,49-51,53-56,58-59,61-63H,3-34,36,38-42,44,46-48H2,1-2H3,(H,57,60)/b37-35+,45-43+. The molecule has 6 N–H and O–H groups in total. The molecule has 0 aliphatic carbocycles. The Bertz CT molecular complexity index is 1070. The molecule has 1 fully saturated rings. The Labute approximate surface area is 400 Å². The second-order valence-electron chi connectivity index (χ2n) is 19.7. The number of allylic oxidation sites excluding steroid dienone is 3. The van der Waals surface area contributed by atoms with Gasteiger partial charge < -0.3 is 40.3 Å². The van der Waals surface area contributed by atoms with Crippen LogP contribution in [0.15, 0.2) is 24.3 Å². The minimum absolute atomic E-state index is 0.182. The van der Waals surface area contributed by atoms with Crippen LogP contribution in [-0.4, -0.2) is 87.5 Å². The summed E-state index contributed by atoms with van der Waals surface area (Å²) in [5.41, 5.74) is 0. The Morgan fingerprint density at radius 3 is 1.29 bits per heavy atom. The highest BCUT2D eigenvalue weighted by Gasteiger charge is 2.44. The maximum atomic E-state index is 13.0.